The fourth-order valence-electron chi connectivity index (χ4n) is 3.19. The zero-order valence-electron chi connectivity index (χ0n) is 16.4. The number of aryl methyl sites for hydroxylation is 1. The van der Waals surface area contributed by atoms with Gasteiger partial charge in [-0.25, -0.2) is 9.48 Å². The predicted octanol–water partition coefficient (Wildman–Crippen LogP) is 3.91. The lowest BCUT2D eigenvalue weighted by Gasteiger charge is -2.11. The van der Waals surface area contributed by atoms with E-state index in [1.54, 1.807) is 22.9 Å². The highest BCUT2D eigenvalue weighted by atomic mass is 16.5. The van der Waals surface area contributed by atoms with Crippen LogP contribution in [-0.2, 0) is 16.1 Å². The van der Waals surface area contributed by atoms with Crippen LogP contribution in [0.3, 0.4) is 0 Å². The average molecular weight is 400 g/mol. The third-order valence-electron chi connectivity index (χ3n) is 4.67. The third-order valence-corrected chi connectivity index (χ3v) is 4.67. The van der Waals surface area contributed by atoms with E-state index in [-0.39, 0.29) is 6.61 Å². The number of hydrogen-bond donors (Lipinski definition) is 1. The number of ether oxygens (including phenoxy) is 1. The summed E-state index contributed by atoms with van der Waals surface area (Å²) in [6.45, 7) is 2.26. The highest BCUT2D eigenvalue weighted by molar-refractivity contribution is 5.99. The second-order valence-electron chi connectivity index (χ2n) is 6.64. The number of fused-ring (bicyclic) bond motifs is 1. The Balaban J connectivity index is 1.41. The van der Waals surface area contributed by atoms with E-state index in [4.69, 9.17) is 4.74 Å². The summed E-state index contributed by atoms with van der Waals surface area (Å²) in [6, 6.07) is 22.2. The molecule has 7 heteroatoms. The van der Waals surface area contributed by atoms with Crippen LogP contribution in [0.4, 0.5) is 5.69 Å². The maximum absolute atomic E-state index is 12.4. The van der Waals surface area contributed by atoms with Gasteiger partial charge in [0.25, 0.3) is 5.91 Å². The molecule has 1 aromatic heterocycles. The van der Waals surface area contributed by atoms with E-state index in [0.717, 1.165) is 16.6 Å². The molecule has 0 radical (unpaired) electrons. The molecule has 7 nitrogen and oxygen atoms in total. The minimum Gasteiger partial charge on any atom is -0.452 e. The van der Waals surface area contributed by atoms with Crippen LogP contribution in [0.15, 0.2) is 72.8 Å². The van der Waals surface area contributed by atoms with Crippen LogP contribution in [0.25, 0.3) is 22.2 Å². The van der Waals surface area contributed by atoms with Crippen molar-refractivity contribution in [1.82, 2.24) is 15.0 Å². The molecule has 0 fully saturated rings. The van der Waals surface area contributed by atoms with Crippen LogP contribution in [0.1, 0.15) is 17.3 Å². The Bertz CT molecular complexity index is 1200. The SMILES string of the molecule is CCn1nnc2cc(C(=O)OCC(=O)Nc3ccccc3-c3ccccc3)ccc21. The number of carbonyl (C=O) groups excluding carboxylic acids is 2. The summed E-state index contributed by atoms with van der Waals surface area (Å²) in [5.41, 5.74) is 4.29. The average Bonchev–Trinajstić information content (AvgIpc) is 3.21. The van der Waals surface area contributed by atoms with Gasteiger partial charge in [-0.1, -0.05) is 53.7 Å². The molecule has 0 spiro atoms. The smallest absolute Gasteiger partial charge is 0.338 e. The maximum Gasteiger partial charge on any atom is 0.338 e. The van der Waals surface area contributed by atoms with Gasteiger partial charge in [-0.05, 0) is 36.8 Å². The maximum atomic E-state index is 12.4. The number of amides is 1. The van der Waals surface area contributed by atoms with Crippen molar-refractivity contribution in [3.8, 4) is 11.1 Å². The highest BCUT2D eigenvalue weighted by Gasteiger charge is 2.14. The van der Waals surface area contributed by atoms with Crippen LogP contribution in [0.2, 0.25) is 0 Å². The summed E-state index contributed by atoms with van der Waals surface area (Å²) in [6.07, 6.45) is 0. The van der Waals surface area contributed by atoms with Gasteiger partial charge in [0.1, 0.15) is 5.52 Å². The summed E-state index contributed by atoms with van der Waals surface area (Å²) in [5, 5.41) is 10.9. The quantitative estimate of drug-likeness (QED) is 0.496. The molecule has 0 saturated carbocycles. The first-order chi connectivity index (χ1) is 14.7. The van der Waals surface area contributed by atoms with Gasteiger partial charge in [-0.15, -0.1) is 5.10 Å². The second-order valence-corrected chi connectivity index (χ2v) is 6.64. The molecule has 0 aliphatic carbocycles. The standard InChI is InChI=1S/C23H20N4O3/c1-2-27-21-13-12-17(14-20(21)25-26-27)23(29)30-15-22(28)24-19-11-7-6-10-18(19)16-8-4-3-5-9-16/h3-14H,2,15H2,1H3,(H,24,28). The van der Waals surface area contributed by atoms with E-state index in [2.05, 4.69) is 15.6 Å². The van der Waals surface area contributed by atoms with Crippen molar-refractivity contribution in [2.45, 2.75) is 13.5 Å². The number of rotatable bonds is 6. The van der Waals surface area contributed by atoms with Crippen molar-refractivity contribution >= 4 is 28.6 Å². The number of benzene rings is 3. The van der Waals surface area contributed by atoms with E-state index in [1.807, 2.05) is 61.5 Å². The Morgan fingerprint density at radius 3 is 2.57 bits per heavy atom. The Morgan fingerprint density at radius 2 is 1.77 bits per heavy atom. The molecular formula is C23H20N4O3. The number of anilines is 1. The number of aromatic nitrogens is 3. The van der Waals surface area contributed by atoms with Gasteiger partial charge in [0.2, 0.25) is 0 Å². The number of esters is 1. The largest absolute Gasteiger partial charge is 0.452 e. The Kier molecular flexibility index (Phi) is 5.52. The molecule has 1 N–H and O–H groups in total. The molecule has 4 rings (SSSR count). The predicted molar refractivity (Wildman–Crippen MR) is 114 cm³/mol. The van der Waals surface area contributed by atoms with Gasteiger partial charge < -0.3 is 10.1 Å². The molecule has 1 amide bonds. The van der Waals surface area contributed by atoms with Crippen molar-refractivity contribution in [2.75, 3.05) is 11.9 Å². The monoisotopic (exact) mass is 400 g/mol. The Morgan fingerprint density at radius 1 is 1.00 bits per heavy atom. The molecule has 4 aromatic rings. The molecule has 0 aliphatic heterocycles. The normalized spacial score (nSPS) is 10.7. The molecule has 3 aromatic carbocycles. The molecule has 0 atom stereocenters. The summed E-state index contributed by atoms with van der Waals surface area (Å²) < 4.78 is 6.92. The van der Waals surface area contributed by atoms with Gasteiger partial charge >= 0.3 is 5.97 Å². The topological polar surface area (TPSA) is 86.1 Å². The van der Waals surface area contributed by atoms with Crippen molar-refractivity contribution in [1.29, 1.82) is 0 Å². The minimum atomic E-state index is -0.588. The van der Waals surface area contributed by atoms with Gasteiger partial charge in [-0.3, -0.25) is 4.79 Å². The summed E-state index contributed by atoms with van der Waals surface area (Å²) >= 11 is 0. The first kappa shape index (κ1) is 19.3. The number of nitrogens with one attached hydrogen (secondary N) is 1. The van der Waals surface area contributed by atoms with Crippen LogP contribution in [0, 0.1) is 0 Å². The van der Waals surface area contributed by atoms with E-state index < -0.39 is 11.9 Å². The molecule has 1 heterocycles. The minimum absolute atomic E-state index is 0.322. The van der Waals surface area contributed by atoms with Crippen LogP contribution in [0.5, 0.6) is 0 Å². The Hall–Kier alpha value is -4.00. The molecular weight excluding hydrogens is 380 g/mol. The molecule has 150 valence electrons. The molecule has 30 heavy (non-hydrogen) atoms. The fraction of sp³-hybridized carbons (Fsp3) is 0.130. The highest BCUT2D eigenvalue weighted by Crippen LogP contribution is 2.27. The lowest BCUT2D eigenvalue weighted by molar-refractivity contribution is -0.119. The summed E-state index contributed by atoms with van der Waals surface area (Å²) in [5.74, 6) is -1.00. The van der Waals surface area contributed by atoms with Crippen molar-refractivity contribution < 1.29 is 14.3 Å². The summed E-state index contributed by atoms with van der Waals surface area (Å²) in [7, 11) is 0. The van der Waals surface area contributed by atoms with Crippen molar-refractivity contribution in [3.63, 3.8) is 0 Å². The van der Waals surface area contributed by atoms with Crippen molar-refractivity contribution in [2.24, 2.45) is 0 Å². The molecule has 0 bridgehead atoms. The number of nitrogens with zero attached hydrogens (tertiary/aromatic N) is 3. The van der Waals surface area contributed by atoms with E-state index in [0.29, 0.717) is 23.3 Å². The Labute approximate surface area is 173 Å². The summed E-state index contributed by atoms with van der Waals surface area (Å²) in [4.78, 5) is 24.7. The fourth-order valence-corrected chi connectivity index (χ4v) is 3.19. The number of hydrogen-bond acceptors (Lipinski definition) is 5. The number of carbonyl (C=O) groups is 2. The lowest BCUT2D eigenvalue weighted by atomic mass is 10.0. The number of para-hydroxylation sites is 1. The molecule has 0 saturated heterocycles. The van der Waals surface area contributed by atoms with Gasteiger partial charge in [0, 0.05) is 17.8 Å². The lowest BCUT2D eigenvalue weighted by Crippen LogP contribution is -2.21. The molecule has 0 unspecified atom stereocenters. The first-order valence-electron chi connectivity index (χ1n) is 9.60. The van der Waals surface area contributed by atoms with Crippen LogP contribution < -0.4 is 5.32 Å². The second kappa shape index (κ2) is 8.57. The van der Waals surface area contributed by atoms with E-state index in [9.17, 15) is 9.59 Å². The van der Waals surface area contributed by atoms with E-state index >= 15 is 0 Å². The molecule has 0 aliphatic rings. The zero-order chi connectivity index (χ0) is 20.9. The van der Waals surface area contributed by atoms with Crippen molar-refractivity contribution in [3.05, 3.63) is 78.4 Å². The third kappa shape index (κ3) is 4.05. The van der Waals surface area contributed by atoms with Gasteiger partial charge in [-0.2, -0.15) is 0 Å². The zero-order valence-corrected chi connectivity index (χ0v) is 16.4. The first-order valence-corrected chi connectivity index (χ1v) is 9.60. The van der Waals surface area contributed by atoms with Gasteiger partial charge in [0.15, 0.2) is 6.61 Å². The van der Waals surface area contributed by atoms with Gasteiger partial charge in [0.05, 0.1) is 11.1 Å². The van der Waals surface area contributed by atoms with Crippen LogP contribution in [-0.4, -0.2) is 33.5 Å². The van der Waals surface area contributed by atoms with E-state index in [1.165, 1.54) is 0 Å². The van der Waals surface area contributed by atoms with Crippen LogP contribution >= 0.6 is 0 Å².